The zero-order valence-corrected chi connectivity index (χ0v) is 11.2. The average molecular weight is 287 g/mol. The SMILES string of the molecule is Nc1c(O)c(-c2ccc(F)c(C(=O)O)c2)cc2c1CCC2. The summed E-state index contributed by atoms with van der Waals surface area (Å²) in [6.07, 6.45) is 2.69. The van der Waals surface area contributed by atoms with Crippen LogP contribution in [0.5, 0.6) is 5.75 Å². The Morgan fingerprint density at radius 1 is 1.24 bits per heavy atom. The Hall–Kier alpha value is -2.56. The molecule has 1 aliphatic rings. The first-order valence-electron chi connectivity index (χ1n) is 6.65. The summed E-state index contributed by atoms with van der Waals surface area (Å²) in [6.45, 7) is 0. The van der Waals surface area contributed by atoms with Crippen molar-refractivity contribution < 1.29 is 19.4 Å². The Morgan fingerprint density at radius 3 is 2.71 bits per heavy atom. The van der Waals surface area contributed by atoms with Gasteiger partial charge in [0, 0.05) is 5.56 Å². The van der Waals surface area contributed by atoms with Gasteiger partial charge in [-0.1, -0.05) is 6.07 Å². The number of hydrogen-bond donors (Lipinski definition) is 3. The number of halogens is 1. The summed E-state index contributed by atoms with van der Waals surface area (Å²) in [7, 11) is 0. The highest BCUT2D eigenvalue weighted by molar-refractivity contribution is 5.91. The Balaban J connectivity index is 2.20. The second-order valence-electron chi connectivity index (χ2n) is 5.18. The van der Waals surface area contributed by atoms with Gasteiger partial charge in [0.25, 0.3) is 0 Å². The first-order valence-corrected chi connectivity index (χ1v) is 6.65. The summed E-state index contributed by atoms with van der Waals surface area (Å²) in [5.74, 6) is -2.22. The van der Waals surface area contributed by atoms with Crippen LogP contribution in [-0.4, -0.2) is 16.2 Å². The van der Waals surface area contributed by atoms with Gasteiger partial charge in [0.05, 0.1) is 11.3 Å². The minimum absolute atomic E-state index is 0.0707. The third-order valence-corrected chi connectivity index (χ3v) is 3.92. The van der Waals surface area contributed by atoms with Crippen LogP contribution in [0.2, 0.25) is 0 Å². The van der Waals surface area contributed by atoms with E-state index in [0.29, 0.717) is 16.8 Å². The second-order valence-corrected chi connectivity index (χ2v) is 5.18. The van der Waals surface area contributed by atoms with Crippen LogP contribution in [0.3, 0.4) is 0 Å². The van der Waals surface area contributed by atoms with Gasteiger partial charge in [0.2, 0.25) is 0 Å². The number of carbonyl (C=O) groups is 1. The maximum Gasteiger partial charge on any atom is 0.338 e. The number of rotatable bonds is 2. The van der Waals surface area contributed by atoms with Crippen molar-refractivity contribution in [2.45, 2.75) is 19.3 Å². The second kappa shape index (κ2) is 4.77. The molecule has 0 saturated carbocycles. The molecule has 4 nitrogen and oxygen atoms in total. The molecule has 2 aromatic rings. The lowest BCUT2D eigenvalue weighted by Crippen LogP contribution is -2.01. The molecule has 0 radical (unpaired) electrons. The molecule has 0 spiro atoms. The number of aryl methyl sites for hydroxylation is 1. The summed E-state index contributed by atoms with van der Waals surface area (Å²) < 4.78 is 13.5. The highest BCUT2D eigenvalue weighted by Crippen LogP contribution is 2.41. The van der Waals surface area contributed by atoms with E-state index in [9.17, 15) is 14.3 Å². The lowest BCUT2D eigenvalue weighted by Gasteiger charge is -2.13. The fraction of sp³-hybridized carbons (Fsp3) is 0.188. The van der Waals surface area contributed by atoms with Gasteiger partial charge in [-0.05, 0) is 54.2 Å². The van der Waals surface area contributed by atoms with Crippen molar-refractivity contribution in [3.63, 3.8) is 0 Å². The summed E-state index contributed by atoms with van der Waals surface area (Å²) in [4.78, 5) is 11.0. The molecule has 0 amide bonds. The third kappa shape index (κ3) is 2.11. The van der Waals surface area contributed by atoms with Gasteiger partial charge in [-0.3, -0.25) is 0 Å². The number of aromatic hydroxyl groups is 1. The Morgan fingerprint density at radius 2 is 2.00 bits per heavy atom. The summed E-state index contributed by atoms with van der Waals surface area (Å²) in [5.41, 5.74) is 8.76. The van der Waals surface area contributed by atoms with Gasteiger partial charge in [0.1, 0.15) is 11.6 Å². The minimum Gasteiger partial charge on any atom is -0.505 e. The van der Waals surface area contributed by atoms with Crippen LogP contribution in [0.15, 0.2) is 24.3 Å². The maximum atomic E-state index is 13.5. The van der Waals surface area contributed by atoms with Crippen molar-refractivity contribution in [2.24, 2.45) is 0 Å². The highest BCUT2D eigenvalue weighted by Gasteiger charge is 2.21. The molecule has 0 aromatic heterocycles. The molecule has 108 valence electrons. The van der Waals surface area contributed by atoms with Crippen molar-refractivity contribution in [1.82, 2.24) is 0 Å². The molecule has 0 heterocycles. The fourth-order valence-electron chi connectivity index (χ4n) is 2.84. The zero-order chi connectivity index (χ0) is 15.1. The molecule has 21 heavy (non-hydrogen) atoms. The van der Waals surface area contributed by atoms with Crippen LogP contribution in [-0.2, 0) is 12.8 Å². The first kappa shape index (κ1) is 13.4. The molecular weight excluding hydrogens is 273 g/mol. The van der Waals surface area contributed by atoms with E-state index >= 15 is 0 Å². The van der Waals surface area contributed by atoms with E-state index in [1.807, 2.05) is 6.07 Å². The molecule has 0 unspecified atom stereocenters. The van der Waals surface area contributed by atoms with E-state index in [2.05, 4.69) is 0 Å². The number of nitrogens with two attached hydrogens (primary N) is 1. The van der Waals surface area contributed by atoms with Gasteiger partial charge in [-0.2, -0.15) is 0 Å². The van der Waals surface area contributed by atoms with E-state index in [0.717, 1.165) is 36.5 Å². The van der Waals surface area contributed by atoms with Crippen LogP contribution >= 0.6 is 0 Å². The number of phenols is 1. The largest absolute Gasteiger partial charge is 0.505 e. The molecule has 3 rings (SSSR count). The molecule has 4 N–H and O–H groups in total. The van der Waals surface area contributed by atoms with E-state index in [4.69, 9.17) is 10.8 Å². The molecule has 0 bridgehead atoms. The van der Waals surface area contributed by atoms with Gasteiger partial charge in [-0.25, -0.2) is 9.18 Å². The van der Waals surface area contributed by atoms with Crippen LogP contribution < -0.4 is 5.73 Å². The van der Waals surface area contributed by atoms with Crippen LogP contribution in [0.25, 0.3) is 11.1 Å². The summed E-state index contributed by atoms with van der Waals surface area (Å²) in [6, 6.07) is 5.56. The smallest absolute Gasteiger partial charge is 0.338 e. The standard InChI is InChI=1S/C16H14FNO3/c17-13-5-4-9(7-12(13)16(20)21)11-6-8-2-1-3-10(8)14(18)15(11)19/h4-7,19H,1-3,18H2,(H,20,21). The Labute approximate surface area is 120 Å². The van der Waals surface area contributed by atoms with Gasteiger partial charge in [0.15, 0.2) is 0 Å². The predicted octanol–water partition coefficient (Wildman–Crippen LogP) is 2.97. The number of nitrogen functional groups attached to an aromatic ring is 1. The van der Waals surface area contributed by atoms with Crippen LogP contribution in [0.4, 0.5) is 10.1 Å². The summed E-state index contributed by atoms with van der Waals surface area (Å²) in [5, 5.41) is 19.2. The van der Waals surface area contributed by atoms with Crippen LogP contribution in [0.1, 0.15) is 27.9 Å². The quantitative estimate of drug-likeness (QED) is 0.585. The maximum absolute atomic E-state index is 13.5. The van der Waals surface area contributed by atoms with Crippen molar-refractivity contribution in [2.75, 3.05) is 5.73 Å². The molecule has 2 aromatic carbocycles. The number of phenolic OH excluding ortho intramolecular Hbond substituents is 1. The molecular formula is C16H14FNO3. The normalized spacial score (nSPS) is 13.2. The number of anilines is 1. The predicted molar refractivity (Wildman–Crippen MR) is 76.9 cm³/mol. The van der Waals surface area contributed by atoms with Crippen molar-refractivity contribution in [3.8, 4) is 16.9 Å². The van der Waals surface area contributed by atoms with Crippen molar-refractivity contribution >= 4 is 11.7 Å². The van der Waals surface area contributed by atoms with E-state index in [1.165, 1.54) is 12.1 Å². The van der Waals surface area contributed by atoms with Gasteiger partial charge in [-0.15, -0.1) is 0 Å². The minimum atomic E-state index is -1.34. The third-order valence-electron chi connectivity index (χ3n) is 3.92. The van der Waals surface area contributed by atoms with E-state index < -0.39 is 17.3 Å². The average Bonchev–Trinajstić information content (AvgIpc) is 2.92. The topological polar surface area (TPSA) is 83.5 Å². The molecule has 0 saturated heterocycles. The van der Waals surface area contributed by atoms with E-state index in [-0.39, 0.29) is 5.75 Å². The first-order chi connectivity index (χ1) is 9.99. The number of carboxylic acid groups (broad SMARTS) is 1. The zero-order valence-electron chi connectivity index (χ0n) is 11.2. The number of fused-ring (bicyclic) bond motifs is 1. The number of aromatic carboxylic acids is 1. The van der Waals surface area contributed by atoms with Crippen molar-refractivity contribution in [1.29, 1.82) is 0 Å². The Kier molecular flexibility index (Phi) is 3.05. The molecule has 0 aliphatic heterocycles. The Bertz CT molecular complexity index is 756. The van der Waals surface area contributed by atoms with Gasteiger partial charge >= 0.3 is 5.97 Å². The molecule has 5 heteroatoms. The van der Waals surface area contributed by atoms with E-state index in [1.54, 1.807) is 0 Å². The van der Waals surface area contributed by atoms with Crippen molar-refractivity contribution in [3.05, 3.63) is 46.8 Å². The number of hydrogen-bond acceptors (Lipinski definition) is 3. The number of benzene rings is 2. The summed E-state index contributed by atoms with van der Waals surface area (Å²) >= 11 is 0. The lowest BCUT2D eigenvalue weighted by atomic mass is 9.96. The molecule has 0 atom stereocenters. The molecule has 1 aliphatic carbocycles. The fourth-order valence-corrected chi connectivity index (χ4v) is 2.84. The van der Waals surface area contributed by atoms with Gasteiger partial charge < -0.3 is 15.9 Å². The lowest BCUT2D eigenvalue weighted by molar-refractivity contribution is 0.0692. The number of carboxylic acids is 1. The van der Waals surface area contributed by atoms with Crippen LogP contribution in [0, 0.1) is 5.82 Å². The monoisotopic (exact) mass is 287 g/mol. The molecule has 0 fully saturated rings. The highest BCUT2D eigenvalue weighted by atomic mass is 19.1.